The molecule has 0 heterocycles. The summed E-state index contributed by atoms with van der Waals surface area (Å²) in [6, 6.07) is 16.1. The number of hydrogen-bond donors (Lipinski definition) is 2. The molecule has 7 heteroatoms. The van der Waals surface area contributed by atoms with Crippen molar-refractivity contribution < 1.29 is 14.3 Å². The number of carbonyl (C=O) groups excluding carboxylic acids is 2. The van der Waals surface area contributed by atoms with Gasteiger partial charge < -0.3 is 15.4 Å². The molecule has 2 aromatic carbocycles. The van der Waals surface area contributed by atoms with Gasteiger partial charge in [-0.3, -0.25) is 9.59 Å². The molecule has 0 aliphatic rings. The molecule has 0 aliphatic heterocycles. The van der Waals surface area contributed by atoms with Crippen LogP contribution in [0.2, 0.25) is 5.02 Å². The highest BCUT2D eigenvalue weighted by Gasteiger charge is 2.05. The van der Waals surface area contributed by atoms with E-state index in [0.29, 0.717) is 42.5 Å². The predicted molar refractivity (Wildman–Crippen MR) is 103 cm³/mol. The van der Waals surface area contributed by atoms with Gasteiger partial charge in [-0.15, -0.1) is 0 Å². The molecule has 0 fully saturated rings. The normalized spacial score (nSPS) is 9.93. The van der Waals surface area contributed by atoms with Crippen LogP contribution in [-0.2, 0) is 16.1 Å². The molecule has 0 saturated carbocycles. The Kier molecular flexibility index (Phi) is 8.14. The topological polar surface area (TPSA) is 91.2 Å². The Morgan fingerprint density at radius 3 is 2.52 bits per heavy atom. The minimum atomic E-state index is -0.311. The maximum Gasteiger partial charge on any atom is 0.234 e. The number of hydrogen-bond acceptors (Lipinski definition) is 4. The molecule has 0 unspecified atom stereocenters. The standard InChI is InChI=1S/C20H20ClN3O3/c21-17-4-1-2-5-18(17)27-13-3-6-20(26)24-16-9-7-15(8-10-16)14-23-19(25)11-12-22/h1-2,4-5,7-10H,3,6,11,13-14H2,(H,23,25)(H,24,26). The van der Waals surface area contributed by atoms with E-state index in [0.717, 1.165) is 5.56 Å². The highest BCUT2D eigenvalue weighted by Crippen LogP contribution is 2.23. The van der Waals surface area contributed by atoms with Gasteiger partial charge in [0.05, 0.1) is 17.7 Å². The molecule has 0 aromatic heterocycles. The first kappa shape index (κ1) is 20.3. The summed E-state index contributed by atoms with van der Waals surface area (Å²) in [5.41, 5.74) is 1.56. The van der Waals surface area contributed by atoms with Crippen LogP contribution in [0, 0.1) is 11.3 Å². The molecular weight excluding hydrogens is 366 g/mol. The van der Waals surface area contributed by atoms with Gasteiger partial charge in [-0.1, -0.05) is 35.9 Å². The molecule has 0 aliphatic carbocycles. The van der Waals surface area contributed by atoms with Crippen LogP contribution in [-0.4, -0.2) is 18.4 Å². The largest absolute Gasteiger partial charge is 0.492 e. The van der Waals surface area contributed by atoms with E-state index in [-0.39, 0.29) is 18.2 Å². The number of para-hydroxylation sites is 1. The van der Waals surface area contributed by atoms with Gasteiger partial charge in [0.25, 0.3) is 0 Å². The monoisotopic (exact) mass is 385 g/mol. The quantitative estimate of drug-likeness (QED) is 0.644. The van der Waals surface area contributed by atoms with Crippen LogP contribution in [0.25, 0.3) is 0 Å². The van der Waals surface area contributed by atoms with Crippen molar-refractivity contribution in [2.45, 2.75) is 25.8 Å². The number of carbonyl (C=O) groups is 2. The first-order chi connectivity index (χ1) is 13.1. The molecule has 0 saturated heterocycles. The van der Waals surface area contributed by atoms with Crippen molar-refractivity contribution in [3.63, 3.8) is 0 Å². The van der Waals surface area contributed by atoms with E-state index in [1.54, 1.807) is 30.3 Å². The lowest BCUT2D eigenvalue weighted by molar-refractivity contribution is -0.120. The number of halogens is 1. The molecule has 27 heavy (non-hydrogen) atoms. The van der Waals surface area contributed by atoms with Crippen molar-refractivity contribution in [1.82, 2.24) is 5.32 Å². The van der Waals surface area contributed by atoms with Gasteiger partial charge in [-0.2, -0.15) is 5.26 Å². The van der Waals surface area contributed by atoms with Crippen LogP contribution in [0.15, 0.2) is 48.5 Å². The second-order valence-electron chi connectivity index (χ2n) is 5.74. The fraction of sp³-hybridized carbons (Fsp3) is 0.250. The fourth-order valence-electron chi connectivity index (χ4n) is 2.24. The zero-order chi connectivity index (χ0) is 19.5. The number of nitrogens with one attached hydrogen (secondary N) is 2. The maximum absolute atomic E-state index is 12.0. The Balaban J connectivity index is 1.68. The molecule has 2 aromatic rings. The zero-order valence-electron chi connectivity index (χ0n) is 14.7. The maximum atomic E-state index is 12.0. The van der Waals surface area contributed by atoms with Gasteiger partial charge in [0.2, 0.25) is 11.8 Å². The number of anilines is 1. The number of ether oxygens (including phenoxy) is 1. The molecule has 2 amide bonds. The summed E-state index contributed by atoms with van der Waals surface area (Å²) in [7, 11) is 0. The highest BCUT2D eigenvalue weighted by atomic mass is 35.5. The van der Waals surface area contributed by atoms with Crippen LogP contribution in [0.3, 0.4) is 0 Å². The summed E-state index contributed by atoms with van der Waals surface area (Å²) in [4.78, 5) is 23.2. The Hall–Kier alpha value is -3.04. The first-order valence-corrected chi connectivity index (χ1v) is 8.86. The summed E-state index contributed by atoms with van der Waals surface area (Å²) in [6.45, 7) is 0.743. The average molecular weight is 386 g/mol. The van der Waals surface area contributed by atoms with Crippen LogP contribution in [0.1, 0.15) is 24.8 Å². The summed E-state index contributed by atoms with van der Waals surface area (Å²) in [6.07, 6.45) is 0.741. The van der Waals surface area contributed by atoms with Gasteiger partial charge >= 0.3 is 0 Å². The van der Waals surface area contributed by atoms with E-state index < -0.39 is 0 Å². The summed E-state index contributed by atoms with van der Waals surface area (Å²) >= 11 is 6.00. The number of rotatable bonds is 9. The molecule has 6 nitrogen and oxygen atoms in total. The molecule has 0 radical (unpaired) electrons. The number of benzene rings is 2. The van der Waals surface area contributed by atoms with Crippen molar-refractivity contribution in [2.75, 3.05) is 11.9 Å². The fourth-order valence-corrected chi connectivity index (χ4v) is 2.43. The Morgan fingerprint density at radius 2 is 1.81 bits per heavy atom. The van der Waals surface area contributed by atoms with E-state index in [1.165, 1.54) is 0 Å². The molecule has 0 atom stereocenters. The molecule has 2 N–H and O–H groups in total. The van der Waals surface area contributed by atoms with Gasteiger partial charge in [-0.05, 0) is 36.2 Å². The third kappa shape index (κ3) is 7.38. The minimum absolute atomic E-state index is 0.104. The van der Waals surface area contributed by atoms with Crippen LogP contribution in [0.4, 0.5) is 5.69 Å². The van der Waals surface area contributed by atoms with Crippen molar-refractivity contribution in [2.24, 2.45) is 0 Å². The van der Waals surface area contributed by atoms with Crippen LogP contribution < -0.4 is 15.4 Å². The van der Waals surface area contributed by atoms with Crippen molar-refractivity contribution in [1.29, 1.82) is 5.26 Å². The average Bonchev–Trinajstić information content (AvgIpc) is 2.66. The van der Waals surface area contributed by atoms with Crippen LogP contribution >= 0.6 is 11.6 Å². The molecular formula is C20H20ClN3O3. The van der Waals surface area contributed by atoms with Crippen LogP contribution in [0.5, 0.6) is 5.75 Å². The Morgan fingerprint density at radius 1 is 1.07 bits per heavy atom. The van der Waals surface area contributed by atoms with Crippen molar-refractivity contribution >= 4 is 29.1 Å². The number of amides is 2. The smallest absolute Gasteiger partial charge is 0.234 e. The Labute approximate surface area is 163 Å². The third-order valence-electron chi connectivity index (χ3n) is 3.61. The van der Waals surface area contributed by atoms with E-state index in [1.807, 2.05) is 24.3 Å². The van der Waals surface area contributed by atoms with E-state index >= 15 is 0 Å². The highest BCUT2D eigenvalue weighted by molar-refractivity contribution is 6.32. The molecule has 0 bridgehead atoms. The summed E-state index contributed by atoms with van der Waals surface area (Å²) in [5, 5.41) is 14.4. The second kappa shape index (κ2) is 10.8. The van der Waals surface area contributed by atoms with Crippen molar-refractivity contribution in [3.05, 3.63) is 59.1 Å². The van der Waals surface area contributed by atoms with Gasteiger partial charge in [0.1, 0.15) is 12.2 Å². The lowest BCUT2D eigenvalue weighted by Gasteiger charge is -2.09. The second-order valence-corrected chi connectivity index (χ2v) is 6.15. The van der Waals surface area contributed by atoms with E-state index in [4.69, 9.17) is 21.6 Å². The third-order valence-corrected chi connectivity index (χ3v) is 3.92. The number of nitriles is 1. The van der Waals surface area contributed by atoms with Gasteiger partial charge in [0.15, 0.2) is 0 Å². The minimum Gasteiger partial charge on any atom is -0.492 e. The van der Waals surface area contributed by atoms with Gasteiger partial charge in [-0.25, -0.2) is 0 Å². The Bertz CT molecular complexity index is 816. The van der Waals surface area contributed by atoms with E-state index in [2.05, 4.69) is 10.6 Å². The van der Waals surface area contributed by atoms with Crippen molar-refractivity contribution in [3.8, 4) is 11.8 Å². The van der Waals surface area contributed by atoms with Gasteiger partial charge in [0, 0.05) is 18.7 Å². The lowest BCUT2D eigenvalue weighted by Crippen LogP contribution is -2.21. The molecule has 0 spiro atoms. The summed E-state index contributed by atoms with van der Waals surface area (Å²) in [5.74, 6) is 0.193. The predicted octanol–water partition coefficient (Wildman–Crippen LogP) is 3.67. The molecule has 140 valence electrons. The lowest BCUT2D eigenvalue weighted by atomic mass is 10.2. The van der Waals surface area contributed by atoms with E-state index in [9.17, 15) is 9.59 Å². The summed E-state index contributed by atoms with van der Waals surface area (Å²) < 4.78 is 5.55. The molecule has 2 rings (SSSR count). The SMILES string of the molecule is N#CCC(=O)NCc1ccc(NC(=O)CCCOc2ccccc2Cl)cc1. The zero-order valence-corrected chi connectivity index (χ0v) is 15.5. The number of nitrogens with zero attached hydrogens (tertiary/aromatic N) is 1. The first-order valence-electron chi connectivity index (χ1n) is 8.48.